The Morgan fingerprint density at radius 2 is 2.35 bits per heavy atom. The van der Waals surface area contributed by atoms with Crippen LogP contribution in [0.5, 0.6) is 0 Å². The Hall–Kier alpha value is -1.04. The molecule has 0 spiro atoms. The summed E-state index contributed by atoms with van der Waals surface area (Å²) < 4.78 is 5.01. The lowest BCUT2D eigenvalue weighted by Gasteiger charge is -2.07. The van der Waals surface area contributed by atoms with Gasteiger partial charge in [-0.2, -0.15) is 0 Å². The van der Waals surface area contributed by atoms with Crippen LogP contribution in [0, 0.1) is 0 Å². The van der Waals surface area contributed by atoms with Crippen LogP contribution in [-0.2, 0) is 9.53 Å². The van der Waals surface area contributed by atoms with Crippen LogP contribution < -0.4 is 10.6 Å². The van der Waals surface area contributed by atoms with E-state index in [1.807, 2.05) is 18.2 Å². The zero-order valence-electron chi connectivity index (χ0n) is 9.95. The zero-order chi connectivity index (χ0) is 12.3. The summed E-state index contributed by atoms with van der Waals surface area (Å²) in [5.41, 5.74) is 1.94. The molecule has 1 atom stereocenters. The SMILES string of the molecule is CNC1C(=O)Nc2cc(SCCOC)ccc21. The van der Waals surface area contributed by atoms with Crippen LogP contribution >= 0.6 is 11.8 Å². The molecule has 0 saturated carbocycles. The van der Waals surface area contributed by atoms with Crippen LogP contribution in [-0.4, -0.2) is 32.4 Å². The normalized spacial score (nSPS) is 18.0. The fraction of sp³-hybridized carbons (Fsp3) is 0.417. The number of ether oxygens (including phenoxy) is 1. The van der Waals surface area contributed by atoms with Gasteiger partial charge in [0, 0.05) is 29.0 Å². The molecule has 1 aliphatic rings. The van der Waals surface area contributed by atoms with Crippen molar-refractivity contribution in [2.75, 3.05) is 31.8 Å². The second-order valence-electron chi connectivity index (χ2n) is 3.80. The van der Waals surface area contributed by atoms with Gasteiger partial charge in [0.05, 0.1) is 6.61 Å². The van der Waals surface area contributed by atoms with Gasteiger partial charge in [-0.15, -0.1) is 11.8 Å². The van der Waals surface area contributed by atoms with Gasteiger partial charge in [0.25, 0.3) is 0 Å². The molecule has 92 valence electrons. The minimum absolute atomic E-state index is 0.0153. The van der Waals surface area contributed by atoms with Gasteiger partial charge in [-0.25, -0.2) is 0 Å². The van der Waals surface area contributed by atoms with Gasteiger partial charge in [-0.1, -0.05) is 6.07 Å². The number of likely N-dealkylation sites (N-methyl/N-ethyl adjacent to an activating group) is 1. The largest absolute Gasteiger partial charge is 0.384 e. The topological polar surface area (TPSA) is 50.4 Å². The van der Waals surface area contributed by atoms with Gasteiger partial charge in [-0.05, 0) is 19.2 Å². The number of rotatable bonds is 5. The lowest BCUT2D eigenvalue weighted by Crippen LogP contribution is -2.23. The summed E-state index contributed by atoms with van der Waals surface area (Å²) >= 11 is 1.72. The lowest BCUT2D eigenvalue weighted by atomic mass is 10.1. The molecule has 0 fully saturated rings. The molecule has 0 radical (unpaired) electrons. The minimum atomic E-state index is -0.219. The van der Waals surface area contributed by atoms with Crippen molar-refractivity contribution in [2.24, 2.45) is 0 Å². The van der Waals surface area contributed by atoms with E-state index in [-0.39, 0.29) is 11.9 Å². The number of hydrogen-bond acceptors (Lipinski definition) is 4. The molecule has 1 unspecified atom stereocenters. The Kier molecular flexibility index (Phi) is 4.04. The molecule has 0 aromatic heterocycles. The molecule has 1 aromatic rings. The highest BCUT2D eigenvalue weighted by atomic mass is 32.2. The van der Waals surface area contributed by atoms with E-state index < -0.39 is 0 Å². The summed E-state index contributed by atoms with van der Waals surface area (Å²) in [7, 11) is 3.49. The van der Waals surface area contributed by atoms with Crippen LogP contribution in [0.4, 0.5) is 5.69 Å². The number of methoxy groups -OCH3 is 1. The molecule has 4 nitrogen and oxygen atoms in total. The highest BCUT2D eigenvalue weighted by molar-refractivity contribution is 7.99. The first-order valence-electron chi connectivity index (χ1n) is 5.50. The Balaban J connectivity index is 2.11. The fourth-order valence-corrected chi connectivity index (χ4v) is 2.71. The molecule has 0 saturated heterocycles. The quantitative estimate of drug-likeness (QED) is 0.618. The van der Waals surface area contributed by atoms with Crippen molar-refractivity contribution in [1.29, 1.82) is 0 Å². The molecule has 2 N–H and O–H groups in total. The summed E-state index contributed by atoms with van der Waals surface area (Å²) in [5, 5.41) is 5.89. The molecule has 1 amide bonds. The summed E-state index contributed by atoms with van der Waals surface area (Å²) in [5.74, 6) is 0.931. The highest BCUT2D eigenvalue weighted by Crippen LogP contribution is 2.33. The second-order valence-corrected chi connectivity index (χ2v) is 4.97. The van der Waals surface area contributed by atoms with Crippen molar-refractivity contribution >= 4 is 23.4 Å². The molecular formula is C12H16N2O2S. The predicted molar refractivity (Wildman–Crippen MR) is 69.5 cm³/mol. The third kappa shape index (κ3) is 2.62. The Morgan fingerprint density at radius 3 is 3.06 bits per heavy atom. The summed E-state index contributed by atoms with van der Waals surface area (Å²) in [6.45, 7) is 0.729. The van der Waals surface area contributed by atoms with E-state index in [0.717, 1.165) is 28.5 Å². The number of anilines is 1. The minimum Gasteiger partial charge on any atom is -0.384 e. The maximum Gasteiger partial charge on any atom is 0.246 e. The maximum atomic E-state index is 11.6. The predicted octanol–water partition coefficient (Wildman–Crippen LogP) is 1.64. The van der Waals surface area contributed by atoms with Crippen LogP contribution in [0.15, 0.2) is 23.1 Å². The van der Waals surface area contributed by atoms with Crippen LogP contribution in [0.3, 0.4) is 0 Å². The van der Waals surface area contributed by atoms with Crippen LogP contribution in [0.1, 0.15) is 11.6 Å². The van der Waals surface area contributed by atoms with Crippen molar-refractivity contribution in [1.82, 2.24) is 5.32 Å². The number of amides is 1. The van der Waals surface area contributed by atoms with Crippen molar-refractivity contribution in [3.63, 3.8) is 0 Å². The van der Waals surface area contributed by atoms with Gasteiger partial charge < -0.3 is 15.4 Å². The van der Waals surface area contributed by atoms with Gasteiger partial charge >= 0.3 is 0 Å². The molecule has 17 heavy (non-hydrogen) atoms. The maximum absolute atomic E-state index is 11.6. The van der Waals surface area contributed by atoms with Crippen molar-refractivity contribution in [2.45, 2.75) is 10.9 Å². The van der Waals surface area contributed by atoms with Crippen molar-refractivity contribution in [3.05, 3.63) is 23.8 Å². The van der Waals surface area contributed by atoms with Crippen LogP contribution in [0.25, 0.3) is 0 Å². The summed E-state index contributed by atoms with van der Waals surface area (Å²) in [6.07, 6.45) is 0. The molecular weight excluding hydrogens is 236 g/mol. The molecule has 0 aliphatic carbocycles. The van der Waals surface area contributed by atoms with Crippen molar-refractivity contribution in [3.8, 4) is 0 Å². The summed E-state index contributed by atoms with van der Waals surface area (Å²) in [6, 6.07) is 5.85. The monoisotopic (exact) mass is 252 g/mol. The molecule has 0 bridgehead atoms. The number of fused-ring (bicyclic) bond motifs is 1. The van der Waals surface area contributed by atoms with E-state index in [1.54, 1.807) is 25.9 Å². The molecule has 1 heterocycles. The van der Waals surface area contributed by atoms with Gasteiger partial charge in [0.15, 0.2) is 0 Å². The van der Waals surface area contributed by atoms with E-state index in [9.17, 15) is 4.79 Å². The van der Waals surface area contributed by atoms with Gasteiger partial charge in [0.2, 0.25) is 5.91 Å². The number of carbonyl (C=O) groups excluding carboxylic acids is 1. The zero-order valence-corrected chi connectivity index (χ0v) is 10.8. The third-order valence-electron chi connectivity index (χ3n) is 2.70. The molecule has 1 aromatic carbocycles. The van der Waals surface area contributed by atoms with Gasteiger partial charge in [0.1, 0.15) is 6.04 Å². The Bertz CT molecular complexity index is 423. The Morgan fingerprint density at radius 1 is 1.53 bits per heavy atom. The number of thioether (sulfide) groups is 1. The summed E-state index contributed by atoms with van der Waals surface area (Å²) in [4.78, 5) is 12.8. The smallest absolute Gasteiger partial charge is 0.246 e. The van der Waals surface area contributed by atoms with E-state index in [0.29, 0.717) is 0 Å². The fourth-order valence-electron chi connectivity index (χ4n) is 1.86. The first kappa shape index (κ1) is 12.4. The Labute approximate surface area is 105 Å². The second kappa shape index (κ2) is 5.53. The van der Waals surface area contributed by atoms with E-state index >= 15 is 0 Å². The first-order valence-corrected chi connectivity index (χ1v) is 6.48. The average Bonchev–Trinajstić information content (AvgIpc) is 2.64. The van der Waals surface area contributed by atoms with E-state index in [1.165, 1.54) is 0 Å². The number of nitrogens with one attached hydrogen (secondary N) is 2. The van der Waals surface area contributed by atoms with Gasteiger partial charge in [-0.3, -0.25) is 4.79 Å². The highest BCUT2D eigenvalue weighted by Gasteiger charge is 2.28. The third-order valence-corrected chi connectivity index (χ3v) is 3.66. The van der Waals surface area contributed by atoms with Crippen molar-refractivity contribution < 1.29 is 9.53 Å². The number of carbonyl (C=O) groups is 1. The van der Waals surface area contributed by atoms with Crippen LogP contribution in [0.2, 0.25) is 0 Å². The average molecular weight is 252 g/mol. The molecule has 2 rings (SSSR count). The first-order chi connectivity index (χ1) is 8.26. The lowest BCUT2D eigenvalue weighted by molar-refractivity contribution is -0.117. The van der Waals surface area contributed by atoms with E-state index in [2.05, 4.69) is 10.6 Å². The standard InChI is InChI=1S/C12H16N2O2S/c1-13-11-9-4-3-8(17-6-5-16-2)7-10(9)14-12(11)15/h3-4,7,11,13H,5-6H2,1-2H3,(H,14,15). The molecule has 5 heteroatoms. The van der Waals surface area contributed by atoms with E-state index in [4.69, 9.17) is 4.74 Å². The molecule has 1 aliphatic heterocycles. The number of hydrogen-bond donors (Lipinski definition) is 2. The number of benzene rings is 1.